The number of rotatable bonds is 4. The molecule has 1 aromatic carbocycles. The van der Waals surface area contributed by atoms with Gasteiger partial charge in [-0.2, -0.15) is 0 Å². The molecule has 1 saturated heterocycles. The van der Waals surface area contributed by atoms with Gasteiger partial charge in [-0.15, -0.1) is 0 Å². The van der Waals surface area contributed by atoms with Gasteiger partial charge in [-0.1, -0.05) is 66.8 Å². The van der Waals surface area contributed by atoms with Gasteiger partial charge in [0.25, 0.3) is 0 Å². The molecule has 0 saturated carbocycles. The van der Waals surface area contributed by atoms with E-state index in [-0.39, 0.29) is 0 Å². The third-order valence-corrected chi connectivity index (χ3v) is 6.42. The quantitative estimate of drug-likeness (QED) is 0.490. The molecule has 2 nitrogen and oxygen atoms in total. The number of allylic oxidation sites excluding steroid dienone is 3. The van der Waals surface area contributed by atoms with E-state index in [1.54, 1.807) is 0 Å². The number of aromatic nitrogens is 1. The maximum atomic E-state index is 6.34. The minimum absolute atomic E-state index is 0.800. The fraction of sp³-hybridized carbons (Fsp3) is 0.250. The Morgan fingerprint density at radius 2 is 1.81 bits per heavy atom. The molecule has 2 heterocycles. The summed E-state index contributed by atoms with van der Waals surface area (Å²) in [7, 11) is 0. The molecule has 0 unspecified atom stereocenters. The molecule has 1 aromatic heterocycles. The van der Waals surface area contributed by atoms with Crippen molar-refractivity contribution >= 4 is 17.2 Å². The standard InChI is InChI=1S/C28H29ClN2/c1-5-21(17-19(2)3)20(4)31-15-12-22(13-16-31)27-26-11-10-25(29)18-24(26)9-8-23-7-6-14-30-28(23)27/h5-7,10-11,14,17-18H,1-2,4,8-9,12-13,15-16H2,3H3/b21-17+. The summed E-state index contributed by atoms with van der Waals surface area (Å²) in [5, 5.41) is 0.800. The molecule has 1 fully saturated rings. The minimum atomic E-state index is 0.800. The van der Waals surface area contributed by atoms with Gasteiger partial charge in [-0.05, 0) is 73.1 Å². The van der Waals surface area contributed by atoms with E-state index < -0.39 is 0 Å². The zero-order valence-corrected chi connectivity index (χ0v) is 19.0. The van der Waals surface area contributed by atoms with Gasteiger partial charge in [-0.25, -0.2) is 0 Å². The van der Waals surface area contributed by atoms with E-state index in [0.717, 1.165) is 66.3 Å². The maximum Gasteiger partial charge on any atom is 0.0739 e. The first kappa shape index (κ1) is 21.4. The highest BCUT2D eigenvalue weighted by Crippen LogP contribution is 2.39. The Hall–Kier alpha value is -2.84. The number of hydrogen-bond acceptors (Lipinski definition) is 2. The Bertz CT molecular complexity index is 1110. The van der Waals surface area contributed by atoms with Crippen LogP contribution in [0.5, 0.6) is 0 Å². The van der Waals surface area contributed by atoms with Crippen LogP contribution in [-0.4, -0.2) is 23.0 Å². The second-order valence-electron chi connectivity index (χ2n) is 8.38. The number of fused-ring (bicyclic) bond motifs is 2. The highest BCUT2D eigenvalue weighted by molar-refractivity contribution is 6.30. The van der Waals surface area contributed by atoms with E-state index in [9.17, 15) is 0 Å². The van der Waals surface area contributed by atoms with Crippen LogP contribution in [0.2, 0.25) is 5.02 Å². The molecule has 1 aliphatic heterocycles. The van der Waals surface area contributed by atoms with Crippen molar-refractivity contribution in [1.29, 1.82) is 0 Å². The zero-order valence-electron chi connectivity index (χ0n) is 18.3. The Balaban J connectivity index is 1.70. The number of hydrogen-bond donors (Lipinski definition) is 0. The summed E-state index contributed by atoms with van der Waals surface area (Å²) in [6, 6.07) is 10.6. The van der Waals surface area contributed by atoms with Crippen molar-refractivity contribution in [2.45, 2.75) is 32.6 Å². The van der Waals surface area contributed by atoms with Gasteiger partial charge < -0.3 is 4.90 Å². The van der Waals surface area contributed by atoms with Crippen molar-refractivity contribution < 1.29 is 0 Å². The van der Waals surface area contributed by atoms with Crippen LogP contribution in [0.1, 0.15) is 42.1 Å². The lowest BCUT2D eigenvalue weighted by atomic mass is 9.88. The lowest BCUT2D eigenvalue weighted by Crippen LogP contribution is -2.30. The highest BCUT2D eigenvalue weighted by atomic mass is 35.5. The van der Waals surface area contributed by atoms with Crippen LogP contribution in [0.3, 0.4) is 0 Å². The van der Waals surface area contributed by atoms with Crippen LogP contribution in [-0.2, 0) is 12.8 Å². The molecule has 31 heavy (non-hydrogen) atoms. The summed E-state index contributed by atoms with van der Waals surface area (Å²) in [4.78, 5) is 7.19. The Morgan fingerprint density at radius 3 is 2.52 bits per heavy atom. The number of pyridine rings is 1. The van der Waals surface area contributed by atoms with Crippen molar-refractivity contribution in [3.8, 4) is 0 Å². The van der Waals surface area contributed by atoms with Gasteiger partial charge in [0.05, 0.1) is 5.69 Å². The predicted molar refractivity (Wildman–Crippen MR) is 132 cm³/mol. The topological polar surface area (TPSA) is 16.1 Å². The highest BCUT2D eigenvalue weighted by Gasteiger charge is 2.25. The van der Waals surface area contributed by atoms with Crippen LogP contribution < -0.4 is 0 Å². The van der Waals surface area contributed by atoms with E-state index in [1.807, 2.05) is 31.3 Å². The molecular weight excluding hydrogens is 400 g/mol. The molecule has 2 aliphatic rings. The summed E-state index contributed by atoms with van der Waals surface area (Å²) >= 11 is 6.34. The van der Waals surface area contributed by atoms with Crippen LogP contribution in [0.25, 0.3) is 5.57 Å². The summed E-state index contributed by atoms with van der Waals surface area (Å²) in [5.74, 6) is 0. The number of likely N-dealkylation sites (tertiary alicyclic amines) is 1. The molecule has 0 atom stereocenters. The number of halogens is 1. The Kier molecular flexibility index (Phi) is 6.29. The third kappa shape index (κ3) is 4.45. The maximum absolute atomic E-state index is 6.34. The smallest absolute Gasteiger partial charge is 0.0739 e. The van der Waals surface area contributed by atoms with Crippen molar-refractivity contribution in [2.75, 3.05) is 13.1 Å². The van der Waals surface area contributed by atoms with Crippen LogP contribution in [0.15, 0.2) is 90.8 Å². The number of piperidine rings is 1. The average Bonchev–Trinajstić information content (AvgIpc) is 2.93. The molecule has 0 radical (unpaired) electrons. The lowest BCUT2D eigenvalue weighted by Gasteiger charge is -2.33. The van der Waals surface area contributed by atoms with E-state index >= 15 is 0 Å². The van der Waals surface area contributed by atoms with Crippen LogP contribution >= 0.6 is 11.6 Å². The third-order valence-electron chi connectivity index (χ3n) is 6.19. The fourth-order valence-corrected chi connectivity index (χ4v) is 4.83. The van der Waals surface area contributed by atoms with E-state index in [2.05, 4.69) is 48.9 Å². The van der Waals surface area contributed by atoms with E-state index in [0.29, 0.717) is 0 Å². The van der Waals surface area contributed by atoms with Crippen molar-refractivity contribution in [3.05, 3.63) is 118 Å². The summed E-state index contributed by atoms with van der Waals surface area (Å²) < 4.78 is 0. The normalized spacial score (nSPS) is 16.3. The molecule has 158 valence electrons. The zero-order chi connectivity index (χ0) is 22.0. The molecule has 0 amide bonds. The second-order valence-corrected chi connectivity index (χ2v) is 8.81. The Morgan fingerprint density at radius 1 is 1.06 bits per heavy atom. The molecule has 0 N–H and O–H groups in total. The average molecular weight is 429 g/mol. The molecule has 0 bridgehead atoms. The molecule has 4 rings (SSSR count). The SMILES string of the molecule is C=C/C(=C\C(=C)C)C(=C)N1CCC(=C2c3ccc(Cl)cc3CCc3cccnc32)CC1. The largest absolute Gasteiger partial charge is 0.371 e. The lowest BCUT2D eigenvalue weighted by molar-refractivity contribution is 0.330. The molecule has 0 spiro atoms. The van der Waals surface area contributed by atoms with Gasteiger partial charge in [0.1, 0.15) is 0 Å². The van der Waals surface area contributed by atoms with Gasteiger partial charge in [0.15, 0.2) is 0 Å². The molecule has 2 aromatic rings. The van der Waals surface area contributed by atoms with Gasteiger partial charge >= 0.3 is 0 Å². The first-order valence-electron chi connectivity index (χ1n) is 10.9. The van der Waals surface area contributed by atoms with Crippen LogP contribution in [0, 0.1) is 0 Å². The summed E-state index contributed by atoms with van der Waals surface area (Å²) in [6.45, 7) is 16.2. The molecule has 3 heteroatoms. The van der Waals surface area contributed by atoms with Crippen molar-refractivity contribution in [1.82, 2.24) is 9.88 Å². The van der Waals surface area contributed by atoms with E-state index in [1.165, 1.54) is 27.8 Å². The Labute approximate surface area is 191 Å². The molecule has 1 aliphatic carbocycles. The van der Waals surface area contributed by atoms with E-state index in [4.69, 9.17) is 16.6 Å². The number of aryl methyl sites for hydroxylation is 2. The fourth-order valence-electron chi connectivity index (χ4n) is 4.64. The van der Waals surface area contributed by atoms with Gasteiger partial charge in [0.2, 0.25) is 0 Å². The molecular formula is C28H29ClN2. The monoisotopic (exact) mass is 428 g/mol. The van der Waals surface area contributed by atoms with Crippen molar-refractivity contribution in [2.24, 2.45) is 0 Å². The number of benzene rings is 1. The first-order valence-corrected chi connectivity index (χ1v) is 11.2. The second kappa shape index (κ2) is 9.11. The first-order chi connectivity index (χ1) is 15.0. The van der Waals surface area contributed by atoms with Gasteiger partial charge in [-0.3, -0.25) is 4.98 Å². The van der Waals surface area contributed by atoms with Crippen LogP contribution in [0.4, 0.5) is 0 Å². The predicted octanol–water partition coefficient (Wildman–Crippen LogP) is 6.93. The number of nitrogens with zero attached hydrogens (tertiary/aromatic N) is 2. The van der Waals surface area contributed by atoms with Gasteiger partial charge in [0, 0.05) is 35.6 Å². The summed E-state index contributed by atoms with van der Waals surface area (Å²) in [5.41, 5.74) is 10.9. The van der Waals surface area contributed by atoms with Crippen molar-refractivity contribution in [3.63, 3.8) is 0 Å². The minimum Gasteiger partial charge on any atom is -0.371 e. The summed E-state index contributed by atoms with van der Waals surface area (Å²) in [6.07, 6.45) is 9.79.